The summed E-state index contributed by atoms with van der Waals surface area (Å²) < 4.78 is 0. The summed E-state index contributed by atoms with van der Waals surface area (Å²) in [6.45, 7) is 4.56. The van der Waals surface area contributed by atoms with E-state index in [0.29, 0.717) is 12.1 Å². The molecule has 0 aliphatic heterocycles. The summed E-state index contributed by atoms with van der Waals surface area (Å²) in [6.07, 6.45) is 3.47. The molecule has 4 heteroatoms. The quantitative estimate of drug-likeness (QED) is 0.774. The smallest absolute Gasteiger partial charge is 0.251 e. The zero-order valence-electron chi connectivity index (χ0n) is 15.2. The molecule has 26 heavy (non-hydrogen) atoms. The predicted octanol–water partition coefficient (Wildman–Crippen LogP) is 4.10. The van der Waals surface area contributed by atoms with Gasteiger partial charge < -0.3 is 5.32 Å². The summed E-state index contributed by atoms with van der Waals surface area (Å²) in [5, 5.41) is 3.14. The van der Waals surface area contributed by atoms with E-state index >= 15 is 0 Å². The van der Waals surface area contributed by atoms with E-state index in [2.05, 4.69) is 39.6 Å². The summed E-state index contributed by atoms with van der Waals surface area (Å²) >= 11 is 0. The highest BCUT2D eigenvalue weighted by Gasteiger charge is 2.38. The fourth-order valence-corrected chi connectivity index (χ4v) is 3.69. The van der Waals surface area contributed by atoms with Crippen LogP contribution in [-0.2, 0) is 5.41 Å². The van der Waals surface area contributed by atoms with Gasteiger partial charge in [0.15, 0.2) is 0 Å². The maximum Gasteiger partial charge on any atom is 0.251 e. The molecule has 0 atom stereocenters. The summed E-state index contributed by atoms with van der Waals surface area (Å²) in [7, 11) is 0. The van der Waals surface area contributed by atoms with Crippen LogP contribution < -0.4 is 5.32 Å². The highest BCUT2D eigenvalue weighted by molar-refractivity contribution is 5.97. The number of nitrogens with one attached hydrogen (secondary N) is 1. The number of aromatic nitrogens is 2. The van der Waals surface area contributed by atoms with Gasteiger partial charge in [0.05, 0.1) is 22.4 Å². The number of aryl methyl sites for hydroxylation is 2. The average Bonchev–Trinajstić information content (AvgIpc) is 2.62. The summed E-state index contributed by atoms with van der Waals surface area (Å²) in [6, 6.07) is 16.1. The molecule has 1 N–H and O–H groups in total. The molecule has 1 saturated carbocycles. The minimum atomic E-state index is -0.0471. The van der Waals surface area contributed by atoms with E-state index in [1.54, 1.807) is 0 Å². The van der Waals surface area contributed by atoms with Gasteiger partial charge >= 0.3 is 0 Å². The minimum Gasteiger partial charge on any atom is -0.351 e. The third kappa shape index (κ3) is 2.96. The standard InChI is InChI=1S/C22H23N3O/c1-15-16(2)25-20-13-17(9-10-19(20)24-15)21(26)23-14-22(11-6-12-22)18-7-4-3-5-8-18/h3-5,7-10,13H,6,11-12,14H2,1-2H3,(H,23,26). The first kappa shape index (κ1) is 16.7. The van der Waals surface area contributed by atoms with Crippen molar-refractivity contribution in [3.63, 3.8) is 0 Å². The molecule has 0 radical (unpaired) electrons. The number of hydrogen-bond acceptors (Lipinski definition) is 3. The Morgan fingerprint density at radius 1 is 1.00 bits per heavy atom. The molecule has 1 heterocycles. The first-order chi connectivity index (χ1) is 12.6. The van der Waals surface area contributed by atoms with Crippen molar-refractivity contribution in [2.75, 3.05) is 6.54 Å². The lowest BCUT2D eigenvalue weighted by Gasteiger charge is -2.42. The van der Waals surface area contributed by atoms with E-state index in [-0.39, 0.29) is 11.3 Å². The second kappa shape index (κ2) is 6.52. The van der Waals surface area contributed by atoms with Gasteiger partial charge in [-0.25, -0.2) is 9.97 Å². The molecule has 132 valence electrons. The van der Waals surface area contributed by atoms with E-state index in [1.807, 2.05) is 38.1 Å². The van der Waals surface area contributed by atoms with Crippen LogP contribution in [0.1, 0.15) is 46.6 Å². The number of carbonyl (C=O) groups excluding carboxylic acids is 1. The van der Waals surface area contributed by atoms with Crippen LogP contribution in [-0.4, -0.2) is 22.4 Å². The molecule has 2 aromatic carbocycles. The van der Waals surface area contributed by atoms with Crippen molar-refractivity contribution >= 4 is 16.9 Å². The molecule has 0 bridgehead atoms. The molecule has 0 spiro atoms. The van der Waals surface area contributed by atoms with Crippen molar-refractivity contribution in [2.45, 2.75) is 38.5 Å². The number of amides is 1. The van der Waals surface area contributed by atoms with Crippen LogP contribution in [0.25, 0.3) is 11.0 Å². The topological polar surface area (TPSA) is 54.9 Å². The van der Waals surface area contributed by atoms with Gasteiger partial charge in [0.1, 0.15) is 0 Å². The van der Waals surface area contributed by atoms with Crippen LogP contribution in [0.3, 0.4) is 0 Å². The van der Waals surface area contributed by atoms with E-state index in [1.165, 1.54) is 12.0 Å². The molecular formula is C22H23N3O. The van der Waals surface area contributed by atoms with Crippen LogP contribution in [0.5, 0.6) is 0 Å². The van der Waals surface area contributed by atoms with Crippen molar-refractivity contribution in [2.24, 2.45) is 0 Å². The number of nitrogens with zero attached hydrogens (tertiary/aromatic N) is 2. The van der Waals surface area contributed by atoms with Gasteiger partial charge in [-0.3, -0.25) is 4.79 Å². The second-order valence-corrected chi connectivity index (χ2v) is 7.28. The molecule has 0 unspecified atom stereocenters. The molecule has 1 aliphatic carbocycles. The lowest BCUT2D eigenvalue weighted by Crippen LogP contribution is -2.45. The Labute approximate surface area is 153 Å². The Morgan fingerprint density at radius 3 is 2.35 bits per heavy atom. The molecule has 1 aliphatic rings. The van der Waals surface area contributed by atoms with Gasteiger partial charge in [-0.1, -0.05) is 36.8 Å². The van der Waals surface area contributed by atoms with E-state index in [9.17, 15) is 4.79 Å². The van der Waals surface area contributed by atoms with Crippen molar-refractivity contribution in [1.82, 2.24) is 15.3 Å². The van der Waals surface area contributed by atoms with Crippen molar-refractivity contribution in [1.29, 1.82) is 0 Å². The lowest BCUT2D eigenvalue weighted by atomic mass is 9.64. The van der Waals surface area contributed by atoms with Gasteiger partial charge in [0.25, 0.3) is 5.91 Å². The van der Waals surface area contributed by atoms with E-state index in [0.717, 1.165) is 35.3 Å². The number of fused-ring (bicyclic) bond motifs is 1. The SMILES string of the molecule is Cc1nc2ccc(C(=O)NCC3(c4ccccc4)CCC3)cc2nc1C. The number of benzene rings is 2. The summed E-state index contributed by atoms with van der Waals surface area (Å²) in [5.74, 6) is -0.0471. The fourth-order valence-electron chi connectivity index (χ4n) is 3.69. The first-order valence-electron chi connectivity index (χ1n) is 9.16. The first-order valence-corrected chi connectivity index (χ1v) is 9.16. The van der Waals surface area contributed by atoms with E-state index < -0.39 is 0 Å². The Balaban J connectivity index is 1.53. The molecule has 1 amide bonds. The largest absolute Gasteiger partial charge is 0.351 e. The van der Waals surface area contributed by atoms with Crippen molar-refractivity contribution < 1.29 is 4.79 Å². The second-order valence-electron chi connectivity index (χ2n) is 7.28. The van der Waals surface area contributed by atoms with Gasteiger partial charge in [0, 0.05) is 17.5 Å². The fraction of sp³-hybridized carbons (Fsp3) is 0.318. The molecule has 1 fully saturated rings. The van der Waals surface area contributed by atoms with Crippen LogP contribution in [0.2, 0.25) is 0 Å². The van der Waals surface area contributed by atoms with Crippen LogP contribution >= 0.6 is 0 Å². The zero-order valence-corrected chi connectivity index (χ0v) is 15.2. The average molecular weight is 345 g/mol. The van der Waals surface area contributed by atoms with Crippen LogP contribution in [0, 0.1) is 13.8 Å². The minimum absolute atomic E-state index is 0.0471. The molecule has 4 nitrogen and oxygen atoms in total. The summed E-state index contributed by atoms with van der Waals surface area (Å²) in [4.78, 5) is 21.8. The number of carbonyl (C=O) groups is 1. The third-order valence-electron chi connectivity index (χ3n) is 5.62. The van der Waals surface area contributed by atoms with Gasteiger partial charge in [-0.05, 0) is 50.5 Å². The Kier molecular flexibility index (Phi) is 4.19. The maximum absolute atomic E-state index is 12.7. The lowest BCUT2D eigenvalue weighted by molar-refractivity contribution is 0.0928. The van der Waals surface area contributed by atoms with Gasteiger partial charge in [-0.2, -0.15) is 0 Å². The monoisotopic (exact) mass is 345 g/mol. The highest BCUT2D eigenvalue weighted by Crippen LogP contribution is 2.43. The zero-order chi connectivity index (χ0) is 18.1. The molecule has 1 aromatic heterocycles. The normalized spacial score (nSPS) is 15.5. The number of rotatable bonds is 4. The van der Waals surface area contributed by atoms with Crippen LogP contribution in [0.4, 0.5) is 0 Å². The van der Waals surface area contributed by atoms with Crippen molar-refractivity contribution in [3.05, 3.63) is 71.0 Å². The van der Waals surface area contributed by atoms with Gasteiger partial charge in [-0.15, -0.1) is 0 Å². The van der Waals surface area contributed by atoms with E-state index in [4.69, 9.17) is 0 Å². The summed E-state index contributed by atoms with van der Waals surface area (Å²) in [5.41, 5.74) is 5.45. The molecule has 0 saturated heterocycles. The predicted molar refractivity (Wildman–Crippen MR) is 103 cm³/mol. The third-order valence-corrected chi connectivity index (χ3v) is 5.62. The van der Waals surface area contributed by atoms with Crippen molar-refractivity contribution in [3.8, 4) is 0 Å². The van der Waals surface area contributed by atoms with Crippen LogP contribution in [0.15, 0.2) is 48.5 Å². The maximum atomic E-state index is 12.7. The number of hydrogen-bond donors (Lipinski definition) is 1. The Hall–Kier alpha value is -2.75. The molecule has 3 aromatic rings. The Morgan fingerprint density at radius 2 is 1.69 bits per heavy atom. The highest BCUT2D eigenvalue weighted by atomic mass is 16.1. The Bertz CT molecular complexity index is 962. The van der Waals surface area contributed by atoms with Gasteiger partial charge in [0.2, 0.25) is 0 Å². The molecule has 4 rings (SSSR count). The molecular weight excluding hydrogens is 322 g/mol.